The molecule has 0 bridgehead atoms. The Balaban J connectivity index is 2.20. The predicted octanol–water partition coefficient (Wildman–Crippen LogP) is 5.10. The van der Waals surface area contributed by atoms with Crippen LogP contribution in [0.4, 0.5) is 0 Å². The lowest BCUT2D eigenvalue weighted by atomic mass is 10.0. The Morgan fingerprint density at radius 3 is 2.32 bits per heavy atom. The zero-order chi connectivity index (χ0) is 22.5. The van der Waals surface area contributed by atoms with E-state index >= 15 is 0 Å². The van der Waals surface area contributed by atoms with Gasteiger partial charge in [-0.1, -0.05) is 12.5 Å². The molecule has 31 heavy (non-hydrogen) atoms. The van der Waals surface area contributed by atoms with Gasteiger partial charge < -0.3 is 24.1 Å². The first-order valence-electron chi connectivity index (χ1n) is 10.5. The second kappa shape index (κ2) is 13.2. The Kier molecular flexibility index (Phi) is 10.3. The first-order chi connectivity index (χ1) is 15.2. The van der Waals surface area contributed by atoms with Crippen LogP contribution >= 0.6 is 0 Å². The molecule has 166 valence electrons. The van der Waals surface area contributed by atoms with Crippen LogP contribution in [0.15, 0.2) is 36.4 Å². The molecular formula is C25H31NO5. The van der Waals surface area contributed by atoms with E-state index in [2.05, 4.69) is 6.07 Å². The Bertz CT molecular complexity index is 901. The van der Waals surface area contributed by atoms with Crippen molar-refractivity contribution in [3.05, 3.63) is 47.5 Å². The summed E-state index contributed by atoms with van der Waals surface area (Å²) in [6.07, 6.45) is 5.57. The lowest BCUT2D eigenvalue weighted by Gasteiger charge is -2.13. The summed E-state index contributed by atoms with van der Waals surface area (Å²) in [5.74, 6) is 2.51. The number of hydrogen-bond donors (Lipinski definition) is 1. The smallest absolute Gasteiger partial charge is 0.161 e. The highest BCUT2D eigenvalue weighted by Crippen LogP contribution is 2.33. The van der Waals surface area contributed by atoms with E-state index in [9.17, 15) is 5.26 Å². The van der Waals surface area contributed by atoms with E-state index in [0.717, 1.165) is 36.8 Å². The van der Waals surface area contributed by atoms with Gasteiger partial charge in [-0.2, -0.15) is 5.26 Å². The Morgan fingerprint density at radius 2 is 1.65 bits per heavy atom. The van der Waals surface area contributed by atoms with Crippen LogP contribution < -0.4 is 18.9 Å². The number of nitriles is 1. The Morgan fingerprint density at radius 1 is 0.903 bits per heavy atom. The van der Waals surface area contributed by atoms with Gasteiger partial charge in [0.1, 0.15) is 0 Å². The van der Waals surface area contributed by atoms with Crippen molar-refractivity contribution in [2.75, 3.05) is 34.0 Å². The van der Waals surface area contributed by atoms with Gasteiger partial charge in [0.25, 0.3) is 0 Å². The number of hydrogen-bond acceptors (Lipinski definition) is 6. The van der Waals surface area contributed by atoms with Crippen molar-refractivity contribution < 1.29 is 24.1 Å². The average molecular weight is 426 g/mol. The first kappa shape index (κ1) is 24.1. The maximum Gasteiger partial charge on any atom is 0.161 e. The van der Waals surface area contributed by atoms with Crippen molar-refractivity contribution in [2.24, 2.45) is 0 Å². The van der Waals surface area contributed by atoms with Crippen molar-refractivity contribution in [1.82, 2.24) is 0 Å². The molecule has 1 N–H and O–H groups in total. The third kappa shape index (κ3) is 7.23. The minimum absolute atomic E-state index is 0.234. The summed E-state index contributed by atoms with van der Waals surface area (Å²) in [7, 11) is 3.14. The zero-order valence-corrected chi connectivity index (χ0v) is 18.5. The van der Waals surface area contributed by atoms with Crippen molar-refractivity contribution in [3.63, 3.8) is 0 Å². The standard InChI is InChI=1S/C25H31NO5/c1-4-30-25-16-19(9-11-23(25)31-14-8-6-5-7-13-27)15-21(18-26)20-10-12-22(28-2)24(17-20)29-3/h9-12,15-17,27H,4-8,13-14H2,1-3H3/b21-15+. The Labute approximate surface area is 184 Å². The number of methoxy groups -OCH3 is 2. The van der Waals surface area contributed by atoms with Crippen LogP contribution in [0.2, 0.25) is 0 Å². The number of allylic oxidation sites excluding steroid dienone is 1. The molecule has 0 atom stereocenters. The summed E-state index contributed by atoms with van der Waals surface area (Å²) in [4.78, 5) is 0. The third-order valence-electron chi connectivity index (χ3n) is 4.70. The molecule has 0 saturated carbocycles. The number of rotatable bonds is 13. The fourth-order valence-corrected chi connectivity index (χ4v) is 3.10. The third-order valence-corrected chi connectivity index (χ3v) is 4.70. The molecule has 6 heteroatoms. The summed E-state index contributed by atoms with van der Waals surface area (Å²) >= 11 is 0. The summed E-state index contributed by atoms with van der Waals surface area (Å²) in [5.41, 5.74) is 2.08. The highest BCUT2D eigenvalue weighted by molar-refractivity contribution is 5.90. The molecule has 2 aromatic carbocycles. The molecule has 2 aromatic rings. The van der Waals surface area contributed by atoms with Crippen molar-refractivity contribution in [3.8, 4) is 29.1 Å². The normalized spacial score (nSPS) is 11.0. The number of unbranched alkanes of at least 4 members (excludes halogenated alkanes) is 3. The minimum Gasteiger partial charge on any atom is -0.493 e. The number of aliphatic hydroxyl groups excluding tert-OH is 1. The van der Waals surface area contributed by atoms with Crippen LogP contribution in [0.25, 0.3) is 11.6 Å². The number of aliphatic hydroxyl groups is 1. The van der Waals surface area contributed by atoms with E-state index in [-0.39, 0.29) is 6.61 Å². The molecule has 6 nitrogen and oxygen atoms in total. The summed E-state index contributed by atoms with van der Waals surface area (Å²) in [6.45, 7) is 3.26. The molecule has 0 unspecified atom stereocenters. The van der Waals surface area contributed by atoms with E-state index in [4.69, 9.17) is 24.1 Å². The molecule has 0 aliphatic heterocycles. The van der Waals surface area contributed by atoms with Gasteiger partial charge in [-0.25, -0.2) is 0 Å². The molecule has 0 radical (unpaired) electrons. The number of nitrogens with zero attached hydrogens (tertiary/aromatic N) is 1. The van der Waals surface area contributed by atoms with Gasteiger partial charge in [0.15, 0.2) is 23.0 Å². The van der Waals surface area contributed by atoms with Gasteiger partial charge >= 0.3 is 0 Å². The highest BCUT2D eigenvalue weighted by Gasteiger charge is 2.10. The number of benzene rings is 2. The molecule has 0 saturated heterocycles. The molecule has 2 rings (SSSR count). The van der Waals surface area contributed by atoms with Crippen LogP contribution in [0.1, 0.15) is 43.7 Å². The summed E-state index contributed by atoms with van der Waals surface area (Å²) in [6, 6.07) is 13.3. The molecule has 0 fully saturated rings. The number of ether oxygens (including phenoxy) is 4. The van der Waals surface area contributed by atoms with Crippen molar-refractivity contribution in [1.29, 1.82) is 5.26 Å². The van der Waals surface area contributed by atoms with Gasteiger partial charge in [-0.3, -0.25) is 0 Å². The molecule has 0 amide bonds. The molecule has 0 aliphatic carbocycles. The largest absolute Gasteiger partial charge is 0.493 e. The second-order valence-electron chi connectivity index (χ2n) is 6.87. The van der Waals surface area contributed by atoms with Crippen LogP contribution in [0, 0.1) is 11.3 Å². The van der Waals surface area contributed by atoms with Gasteiger partial charge in [-0.05, 0) is 73.7 Å². The quantitative estimate of drug-likeness (QED) is 0.273. The van der Waals surface area contributed by atoms with Gasteiger partial charge in [0.05, 0.1) is 39.1 Å². The monoisotopic (exact) mass is 425 g/mol. The lowest BCUT2D eigenvalue weighted by Crippen LogP contribution is -2.01. The van der Waals surface area contributed by atoms with Gasteiger partial charge in [-0.15, -0.1) is 0 Å². The van der Waals surface area contributed by atoms with Gasteiger partial charge in [0, 0.05) is 6.61 Å². The topological polar surface area (TPSA) is 80.9 Å². The maximum atomic E-state index is 9.70. The first-order valence-corrected chi connectivity index (χ1v) is 10.5. The highest BCUT2D eigenvalue weighted by atomic mass is 16.5. The average Bonchev–Trinajstić information content (AvgIpc) is 2.80. The van der Waals surface area contributed by atoms with Crippen LogP contribution in [-0.4, -0.2) is 39.1 Å². The zero-order valence-electron chi connectivity index (χ0n) is 18.5. The van der Waals surface area contributed by atoms with E-state index < -0.39 is 0 Å². The fraction of sp³-hybridized carbons (Fsp3) is 0.400. The van der Waals surface area contributed by atoms with E-state index in [0.29, 0.717) is 41.8 Å². The van der Waals surface area contributed by atoms with Crippen LogP contribution in [0.3, 0.4) is 0 Å². The molecule has 0 aliphatic rings. The molecule has 0 spiro atoms. The predicted molar refractivity (Wildman–Crippen MR) is 122 cm³/mol. The minimum atomic E-state index is 0.234. The van der Waals surface area contributed by atoms with Crippen LogP contribution in [-0.2, 0) is 0 Å². The Hall–Kier alpha value is -3.17. The fourth-order valence-electron chi connectivity index (χ4n) is 3.10. The summed E-state index contributed by atoms with van der Waals surface area (Å²) in [5, 5.41) is 18.5. The molecular weight excluding hydrogens is 394 g/mol. The molecule has 0 heterocycles. The van der Waals surface area contributed by atoms with E-state index in [1.54, 1.807) is 26.4 Å². The van der Waals surface area contributed by atoms with Crippen molar-refractivity contribution in [2.45, 2.75) is 32.6 Å². The van der Waals surface area contributed by atoms with Crippen molar-refractivity contribution >= 4 is 11.6 Å². The van der Waals surface area contributed by atoms with Crippen LogP contribution in [0.5, 0.6) is 23.0 Å². The molecule has 0 aromatic heterocycles. The lowest BCUT2D eigenvalue weighted by molar-refractivity contribution is 0.262. The second-order valence-corrected chi connectivity index (χ2v) is 6.87. The maximum absolute atomic E-state index is 9.70. The SMILES string of the molecule is CCOc1cc(/C=C(\C#N)c2ccc(OC)c(OC)c2)ccc1OCCCCCCO. The van der Waals surface area contributed by atoms with E-state index in [1.807, 2.05) is 37.3 Å². The van der Waals surface area contributed by atoms with E-state index in [1.165, 1.54) is 0 Å². The van der Waals surface area contributed by atoms with Gasteiger partial charge in [0.2, 0.25) is 0 Å². The summed E-state index contributed by atoms with van der Waals surface area (Å²) < 4.78 is 22.3.